The number of hydrogen-bond donors (Lipinski definition) is 1. The largest absolute Gasteiger partial charge is 0.350 e. The van der Waals surface area contributed by atoms with Crippen LogP contribution in [0.2, 0.25) is 0 Å². The Hall–Kier alpha value is -0.870. The van der Waals surface area contributed by atoms with Crippen molar-refractivity contribution in [3.8, 4) is 0 Å². The molecule has 1 unspecified atom stereocenters. The van der Waals surface area contributed by atoms with Crippen molar-refractivity contribution in [2.24, 2.45) is 0 Å². The van der Waals surface area contributed by atoms with Crippen molar-refractivity contribution < 1.29 is 4.79 Å². The molecule has 4 heteroatoms. The molecule has 1 amide bonds. The van der Waals surface area contributed by atoms with Gasteiger partial charge in [0, 0.05) is 16.1 Å². The Morgan fingerprint density at radius 3 is 2.47 bits per heavy atom. The minimum absolute atomic E-state index is 0.0104. The van der Waals surface area contributed by atoms with Crippen molar-refractivity contribution in [2.45, 2.75) is 19.4 Å². The number of carbonyl (C=O) groups is 1. The van der Waals surface area contributed by atoms with E-state index in [0.29, 0.717) is 5.56 Å². The number of hydrogen-bond acceptors (Lipinski definition) is 2. The van der Waals surface area contributed by atoms with Gasteiger partial charge in [0.25, 0.3) is 5.91 Å². The SMILES string of the molecule is CC(CCN(C)C)NC(=O)c1ccc(Br)cc1. The molecule has 94 valence electrons. The van der Waals surface area contributed by atoms with Crippen LogP contribution >= 0.6 is 15.9 Å². The van der Waals surface area contributed by atoms with E-state index in [2.05, 4.69) is 26.1 Å². The van der Waals surface area contributed by atoms with E-state index in [1.807, 2.05) is 45.3 Å². The molecule has 1 rings (SSSR count). The van der Waals surface area contributed by atoms with Gasteiger partial charge in [-0.25, -0.2) is 0 Å². The molecule has 0 spiro atoms. The fourth-order valence-electron chi connectivity index (χ4n) is 1.43. The highest BCUT2D eigenvalue weighted by molar-refractivity contribution is 9.10. The normalized spacial score (nSPS) is 12.5. The third-order valence-corrected chi connectivity index (χ3v) is 3.02. The van der Waals surface area contributed by atoms with Crippen LogP contribution in [-0.4, -0.2) is 37.5 Å². The molecule has 0 saturated heterocycles. The van der Waals surface area contributed by atoms with E-state index in [9.17, 15) is 4.79 Å². The second-order valence-electron chi connectivity index (χ2n) is 4.47. The number of amides is 1. The van der Waals surface area contributed by atoms with Gasteiger partial charge >= 0.3 is 0 Å². The van der Waals surface area contributed by atoms with Crippen LogP contribution in [0.4, 0.5) is 0 Å². The highest BCUT2D eigenvalue weighted by Crippen LogP contribution is 2.10. The summed E-state index contributed by atoms with van der Waals surface area (Å²) in [6.07, 6.45) is 0.954. The first-order valence-electron chi connectivity index (χ1n) is 5.70. The van der Waals surface area contributed by atoms with Gasteiger partial charge in [-0.15, -0.1) is 0 Å². The monoisotopic (exact) mass is 298 g/mol. The molecule has 1 aromatic rings. The molecule has 17 heavy (non-hydrogen) atoms. The Balaban J connectivity index is 2.46. The van der Waals surface area contributed by atoms with Gasteiger partial charge in [0.05, 0.1) is 0 Å². The third kappa shape index (κ3) is 5.33. The predicted octanol–water partition coefficient (Wildman–Crippen LogP) is 2.52. The summed E-state index contributed by atoms with van der Waals surface area (Å²) >= 11 is 3.35. The molecular formula is C13H19BrN2O. The van der Waals surface area contributed by atoms with Gasteiger partial charge in [0.2, 0.25) is 0 Å². The molecule has 0 radical (unpaired) electrons. The van der Waals surface area contributed by atoms with Gasteiger partial charge in [0.1, 0.15) is 0 Å². The van der Waals surface area contributed by atoms with Crippen LogP contribution in [-0.2, 0) is 0 Å². The lowest BCUT2D eigenvalue weighted by molar-refractivity contribution is 0.0937. The number of benzene rings is 1. The Morgan fingerprint density at radius 1 is 1.35 bits per heavy atom. The van der Waals surface area contributed by atoms with Crippen LogP contribution in [0.1, 0.15) is 23.7 Å². The van der Waals surface area contributed by atoms with Gasteiger partial charge < -0.3 is 10.2 Å². The summed E-state index contributed by atoms with van der Waals surface area (Å²) in [6.45, 7) is 3.00. The Labute approximate surface area is 111 Å². The van der Waals surface area contributed by atoms with E-state index in [4.69, 9.17) is 0 Å². The summed E-state index contributed by atoms with van der Waals surface area (Å²) in [4.78, 5) is 14.0. The maximum atomic E-state index is 11.9. The van der Waals surface area contributed by atoms with Gasteiger partial charge in [-0.3, -0.25) is 4.79 Å². The first-order chi connectivity index (χ1) is 7.99. The first kappa shape index (κ1) is 14.2. The van der Waals surface area contributed by atoms with Gasteiger partial charge in [-0.2, -0.15) is 0 Å². The smallest absolute Gasteiger partial charge is 0.251 e. The highest BCUT2D eigenvalue weighted by atomic mass is 79.9. The molecule has 0 heterocycles. The molecule has 3 nitrogen and oxygen atoms in total. The average molecular weight is 299 g/mol. The summed E-state index contributed by atoms with van der Waals surface area (Å²) in [6, 6.07) is 7.57. The second kappa shape index (κ2) is 6.77. The molecule has 0 aromatic heterocycles. The molecule has 0 bridgehead atoms. The van der Waals surface area contributed by atoms with Crippen LogP contribution in [0.25, 0.3) is 0 Å². The molecule has 1 N–H and O–H groups in total. The van der Waals surface area contributed by atoms with Crippen LogP contribution in [0, 0.1) is 0 Å². The number of halogens is 1. The lowest BCUT2D eigenvalue weighted by Gasteiger charge is -2.16. The molecule has 0 fully saturated rings. The van der Waals surface area contributed by atoms with Crippen LogP contribution < -0.4 is 5.32 Å². The minimum atomic E-state index is -0.0104. The Morgan fingerprint density at radius 2 is 1.94 bits per heavy atom. The second-order valence-corrected chi connectivity index (χ2v) is 5.39. The maximum Gasteiger partial charge on any atom is 0.251 e. The van der Waals surface area contributed by atoms with E-state index in [-0.39, 0.29) is 11.9 Å². The summed E-state index contributed by atoms with van der Waals surface area (Å²) in [5.41, 5.74) is 0.699. The molecule has 0 aliphatic rings. The molecule has 1 aromatic carbocycles. The predicted molar refractivity (Wildman–Crippen MR) is 74.2 cm³/mol. The van der Waals surface area contributed by atoms with Gasteiger partial charge in [-0.05, 0) is 58.3 Å². The van der Waals surface area contributed by atoms with Crippen molar-refractivity contribution in [3.05, 3.63) is 34.3 Å². The summed E-state index contributed by atoms with van der Waals surface area (Å²) in [5, 5.41) is 2.99. The maximum absolute atomic E-state index is 11.9. The average Bonchev–Trinajstić information content (AvgIpc) is 2.27. The molecule has 0 aliphatic heterocycles. The number of nitrogens with zero attached hydrogens (tertiary/aromatic N) is 1. The lowest BCUT2D eigenvalue weighted by Crippen LogP contribution is -2.34. The molecule has 0 aliphatic carbocycles. The summed E-state index contributed by atoms with van der Waals surface area (Å²) in [7, 11) is 4.06. The first-order valence-corrected chi connectivity index (χ1v) is 6.49. The van der Waals surface area contributed by atoms with Crippen LogP contribution in [0.5, 0.6) is 0 Å². The minimum Gasteiger partial charge on any atom is -0.350 e. The van der Waals surface area contributed by atoms with Gasteiger partial charge in [-0.1, -0.05) is 15.9 Å². The molecular weight excluding hydrogens is 280 g/mol. The van der Waals surface area contributed by atoms with E-state index < -0.39 is 0 Å². The highest BCUT2D eigenvalue weighted by Gasteiger charge is 2.09. The fourth-order valence-corrected chi connectivity index (χ4v) is 1.70. The molecule has 0 saturated carbocycles. The lowest BCUT2D eigenvalue weighted by atomic mass is 10.2. The van der Waals surface area contributed by atoms with Gasteiger partial charge in [0.15, 0.2) is 0 Å². The number of carbonyl (C=O) groups excluding carboxylic acids is 1. The van der Waals surface area contributed by atoms with E-state index >= 15 is 0 Å². The summed E-state index contributed by atoms with van der Waals surface area (Å²) < 4.78 is 0.981. The quantitative estimate of drug-likeness (QED) is 0.906. The van der Waals surface area contributed by atoms with Crippen molar-refractivity contribution in [1.82, 2.24) is 10.2 Å². The van der Waals surface area contributed by atoms with E-state index in [1.54, 1.807) is 0 Å². The topological polar surface area (TPSA) is 32.3 Å². The van der Waals surface area contributed by atoms with Crippen molar-refractivity contribution in [2.75, 3.05) is 20.6 Å². The van der Waals surface area contributed by atoms with Crippen LogP contribution in [0.15, 0.2) is 28.7 Å². The molecule has 1 atom stereocenters. The third-order valence-electron chi connectivity index (χ3n) is 2.49. The number of rotatable bonds is 5. The zero-order chi connectivity index (χ0) is 12.8. The van der Waals surface area contributed by atoms with Crippen LogP contribution in [0.3, 0.4) is 0 Å². The Kier molecular flexibility index (Phi) is 5.65. The Bertz CT molecular complexity index is 362. The summed E-state index contributed by atoms with van der Waals surface area (Å²) in [5.74, 6) is -0.0104. The zero-order valence-electron chi connectivity index (χ0n) is 10.5. The van der Waals surface area contributed by atoms with E-state index in [1.165, 1.54) is 0 Å². The van der Waals surface area contributed by atoms with Crippen molar-refractivity contribution in [3.63, 3.8) is 0 Å². The van der Waals surface area contributed by atoms with Crippen molar-refractivity contribution in [1.29, 1.82) is 0 Å². The standard InChI is InChI=1S/C13H19BrN2O/c1-10(8-9-16(2)3)15-13(17)11-4-6-12(14)7-5-11/h4-7,10H,8-9H2,1-3H3,(H,15,17). The zero-order valence-corrected chi connectivity index (χ0v) is 12.1. The fraction of sp³-hybridized carbons (Fsp3) is 0.462. The number of nitrogens with one attached hydrogen (secondary N) is 1. The van der Waals surface area contributed by atoms with Crippen molar-refractivity contribution >= 4 is 21.8 Å². The van der Waals surface area contributed by atoms with E-state index in [0.717, 1.165) is 17.4 Å².